The van der Waals surface area contributed by atoms with E-state index < -0.39 is 5.60 Å². The summed E-state index contributed by atoms with van der Waals surface area (Å²) in [4.78, 5) is 28.9. The summed E-state index contributed by atoms with van der Waals surface area (Å²) >= 11 is 0. The van der Waals surface area contributed by atoms with E-state index >= 15 is 0 Å². The zero-order chi connectivity index (χ0) is 19.2. The molecule has 2 aromatic heterocycles. The van der Waals surface area contributed by atoms with Crippen LogP contribution in [-0.4, -0.2) is 57.2 Å². The minimum absolute atomic E-state index is 0.161. The van der Waals surface area contributed by atoms with Crippen LogP contribution in [0.1, 0.15) is 58.4 Å². The molecule has 1 saturated carbocycles. The van der Waals surface area contributed by atoms with Gasteiger partial charge in [0.2, 0.25) is 0 Å². The Balaban J connectivity index is 1.56. The molecule has 7 nitrogen and oxygen atoms in total. The van der Waals surface area contributed by atoms with Crippen LogP contribution < -0.4 is 4.90 Å². The van der Waals surface area contributed by atoms with Gasteiger partial charge in [0, 0.05) is 31.9 Å². The number of amides is 1. The number of carbonyl (C=O) groups excluding carboxylic acids is 1. The Labute approximate surface area is 160 Å². The minimum Gasteiger partial charge on any atom is -0.444 e. The van der Waals surface area contributed by atoms with Crippen LogP contribution in [0.25, 0.3) is 11.0 Å². The third kappa shape index (κ3) is 3.47. The van der Waals surface area contributed by atoms with E-state index in [1.54, 1.807) is 11.2 Å². The summed E-state index contributed by atoms with van der Waals surface area (Å²) in [6.45, 7) is 9.84. The molecule has 2 aliphatic rings. The van der Waals surface area contributed by atoms with Gasteiger partial charge in [0.1, 0.15) is 23.4 Å². The van der Waals surface area contributed by atoms with Gasteiger partial charge in [0.05, 0.1) is 5.39 Å². The van der Waals surface area contributed by atoms with Crippen LogP contribution in [0.5, 0.6) is 0 Å². The second kappa shape index (κ2) is 6.69. The number of aromatic amines is 1. The Hall–Kier alpha value is -2.31. The van der Waals surface area contributed by atoms with Gasteiger partial charge in [-0.2, -0.15) is 0 Å². The fraction of sp³-hybridized carbons (Fsp3) is 0.650. The van der Waals surface area contributed by atoms with Crippen LogP contribution in [0.15, 0.2) is 12.5 Å². The second-order valence-corrected chi connectivity index (χ2v) is 8.76. The van der Waals surface area contributed by atoms with E-state index in [0.717, 1.165) is 23.4 Å². The van der Waals surface area contributed by atoms with Gasteiger partial charge in [0.25, 0.3) is 0 Å². The van der Waals surface area contributed by atoms with E-state index in [9.17, 15) is 4.79 Å². The Morgan fingerprint density at radius 2 is 2.04 bits per heavy atom. The summed E-state index contributed by atoms with van der Waals surface area (Å²) in [5, 5.41) is 1.15. The zero-order valence-electron chi connectivity index (χ0n) is 16.7. The van der Waals surface area contributed by atoms with Crippen molar-refractivity contribution in [2.24, 2.45) is 0 Å². The first-order chi connectivity index (χ1) is 12.8. The lowest BCUT2D eigenvalue weighted by Crippen LogP contribution is -2.54. The Bertz CT molecular complexity index is 836. The molecule has 4 rings (SSSR count). The number of anilines is 1. The topological polar surface area (TPSA) is 74.3 Å². The third-order valence-electron chi connectivity index (χ3n) is 5.58. The quantitative estimate of drug-likeness (QED) is 0.872. The van der Waals surface area contributed by atoms with Crippen molar-refractivity contribution >= 4 is 22.9 Å². The molecule has 1 unspecified atom stereocenters. The molecule has 1 aliphatic heterocycles. The molecule has 1 saturated heterocycles. The molecule has 7 heteroatoms. The lowest BCUT2D eigenvalue weighted by Gasteiger charge is -2.41. The van der Waals surface area contributed by atoms with Crippen LogP contribution in [0.3, 0.4) is 0 Å². The molecule has 1 aliphatic carbocycles. The number of fused-ring (bicyclic) bond motifs is 1. The van der Waals surface area contributed by atoms with Crippen molar-refractivity contribution in [3.8, 4) is 0 Å². The molecule has 1 N–H and O–H groups in total. The molecule has 0 radical (unpaired) electrons. The molecule has 2 fully saturated rings. The maximum atomic E-state index is 12.4. The lowest BCUT2D eigenvalue weighted by molar-refractivity contribution is 0.0218. The molecule has 1 atom stereocenters. The molecule has 2 aromatic rings. The number of H-pyrrole nitrogens is 1. The average molecular weight is 371 g/mol. The Kier molecular flexibility index (Phi) is 4.48. The van der Waals surface area contributed by atoms with Crippen molar-refractivity contribution in [2.75, 3.05) is 24.5 Å². The van der Waals surface area contributed by atoms with Crippen molar-refractivity contribution < 1.29 is 9.53 Å². The highest BCUT2D eigenvalue weighted by Gasteiger charge is 2.33. The van der Waals surface area contributed by atoms with Gasteiger partial charge in [0.15, 0.2) is 0 Å². The third-order valence-corrected chi connectivity index (χ3v) is 5.58. The number of nitrogens with zero attached hydrogens (tertiary/aromatic N) is 4. The highest BCUT2D eigenvalue weighted by molar-refractivity contribution is 5.91. The van der Waals surface area contributed by atoms with Crippen LogP contribution in [-0.2, 0) is 4.74 Å². The number of ether oxygens (including phenoxy) is 1. The monoisotopic (exact) mass is 371 g/mol. The molecule has 27 heavy (non-hydrogen) atoms. The summed E-state index contributed by atoms with van der Waals surface area (Å²) in [6.07, 6.45) is 7.27. The number of piperazine rings is 1. The van der Waals surface area contributed by atoms with Crippen LogP contribution >= 0.6 is 0 Å². The maximum Gasteiger partial charge on any atom is 0.410 e. The highest BCUT2D eigenvalue weighted by atomic mass is 16.6. The largest absolute Gasteiger partial charge is 0.444 e. The predicted octanol–water partition coefficient (Wildman–Crippen LogP) is 3.67. The molecular formula is C20H29N5O2. The van der Waals surface area contributed by atoms with Crippen molar-refractivity contribution in [3.05, 3.63) is 18.1 Å². The fourth-order valence-corrected chi connectivity index (χ4v) is 3.99. The highest BCUT2D eigenvalue weighted by Crippen LogP contribution is 2.42. The fourth-order valence-electron chi connectivity index (χ4n) is 3.99. The number of carbonyl (C=O) groups is 1. The van der Waals surface area contributed by atoms with Gasteiger partial charge in [-0.3, -0.25) is 0 Å². The molecule has 0 spiro atoms. The summed E-state index contributed by atoms with van der Waals surface area (Å²) in [5.74, 6) is 1.60. The standard InChI is InChI=1S/C20H29N5O2/c1-13-11-24(19(26)27-20(2,3)4)8-9-25(13)18-16-15(14-6-5-7-14)10-21-17(16)22-12-23-18/h10,12-14H,5-9,11H2,1-4H3,(H,21,22,23). The number of nitrogens with one attached hydrogen (secondary N) is 1. The first-order valence-corrected chi connectivity index (χ1v) is 9.90. The van der Waals surface area contributed by atoms with E-state index in [0.29, 0.717) is 19.0 Å². The Morgan fingerprint density at radius 3 is 2.67 bits per heavy atom. The van der Waals surface area contributed by atoms with Crippen molar-refractivity contribution in [2.45, 2.75) is 64.5 Å². The minimum atomic E-state index is -0.473. The molecule has 3 heterocycles. The van der Waals surface area contributed by atoms with Crippen LogP contribution in [0.4, 0.5) is 10.6 Å². The zero-order valence-corrected chi connectivity index (χ0v) is 16.7. The van der Waals surface area contributed by atoms with Gasteiger partial charge >= 0.3 is 6.09 Å². The SMILES string of the molecule is CC1CN(C(=O)OC(C)(C)C)CCN1c1ncnc2[nH]cc(C3CCC3)c12. The first kappa shape index (κ1) is 18.1. The van der Waals surface area contributed by atoms with Gasteiger partial charge in [-0.15, -0.1) is 0 Å². The van der Waals surface area contributed by atoms with Gasteiger partial charge < -0.3 is 19.5 Å². The maximum absolute atomic E-state index is 12.4. The van der Waals surface area contributed by atoms with Crippen LogP contribution in [0.2, 0.25) is 0 Å². The van der Waals surface area contributed by atoms with Gasteiger partial charge in [-0.25, -0.2) is 14.8 Å². The summed E-state index contributed by atoms with van der Waals surface area (Å²) in [6, 6.07) is 0.161. The van der Waals surface area contributed by atoms with Crippen molar-refractivity contribution in [1.29, 1.82) is 0 Å². The number of rotatable bonds is 2. The number of aromatic nitrogens is 3. The average Bonchev–Trinajstić information content (AvgIpc) is 2.96. The van der Waals surface area contributed by atoms with Crippen molar-refractivity contribution in [1.82, 2.24) is 19.9 Å². The normalized spacial score (nSPS) is 21.4. The van der Waals surface area contributed by atoms with E-state index in [1.165, 1.54) is 24.8 Å². The van der Waals surface area contributed by atoms with E-state index in [4.69, 9.17) is 4.74 Å². The summed E-state index contributed by atoms with van der Waals surface area (Å²) in [5.41, 5.74) is 1.77. The number of hydrogen-bond acceptors (Lipinski definition) is 5. The smallest absolute Gasteiger partial charge is 0.410 e. The van der Waals surface area contributed by atoms with E-state index in [-0.39, 0.29) is 12.1 Å². The molecule has 0 bridgehead atoms. The molecular weight excluding hydrogens is 342 g/mol. The molecule has 1 amide bonds. The summed E-state index contributed by atoms with van der Waals surface area (Å²) in [7, 11) is 0. The van der Waals surface area contributed by atoms with Gasteiger partial charge in [-0.1, -0.05) is 6.42 Å². The van der Waals surface area contributed by atoms with E-state index in [1.807, 2.05) is 20.8 Å². The molecule has 0 aromatic carbocycles. The van der Waals surface area contributed by atoms with Crippen LogP contribution in [0, 0.1) is 0 Å². The second-order valence-electron chi connectivity index (χ2n) is 8.76. The number of hydrogen-bond donors (Lipinski definition) is 1. The molecule has 146 valence electrons. The van der Waals surface area contributed by atoms with Crippen molar-refractivity contribution in [3.63, 3.8) is 0 Å². The first-order valence-electron chi connectivity index (χ1n) is 9.90. The van der Waals surface area contributed by atoms with E-state index in [2.05, 4.69) is 33.0 Å². The lowest BCUT2D eigenvalue weighted by atomic mass is 9.80. The summed E-state index contributed by atoms with van der Waals surface area (Å²) < 4.78 is 5.53. The predicted molar refractivity (Wildman–Crippen MR) is 105 cm³/mol. The Morgan fingerprint density at radius 1 is 1.26 bits per heavy atom. The van der Waals surface area contributed by atoms with Gasteiger partial charge in [-0.05, 0) is 52.0 Å².